The molecule has 1 N–H and O–H groups in total. The fraction of sp³-hybridized carbons (Fsp3) is 0.278. The normalized spacial score (nSPS) is 10.5. The van der Waals surface area contributed by atoms with Crippen molar-refractivity contribution in [3.8, 4) is 0 Å². The molecule has 1 amide bonds. The minimum atomic E-state index is 0.0189. The second-order valence-electron chi connectivity index (χ2n) is 4.97. The lowest BCUT2D eigenvalue weighted by molar-refractivity contribution is -0.118. The molecular weight excluding hydrogens is 330 g/mol. The highest BCUT2D eigenvalue weighted by Gasteiger charge is 2.03. The van der Waals surface area contributed by atoms with E-state index >= 15 is 0 Å². The Kier molecular flexibility index (Phi) is 8.01. The molecule has 0 radical (unpaired) electrons. The lowest BCUT2D eigenvalue weighted by Crippen LogP contribution is -2.28. The van der Waals surface area contributed by atoms with Gasteiger partial charge in [-0.2, -0.15) is 0 Å². The van der Waals surface area contributed by atoms with Gasteiger partial charge in [0.05, 0.1) is 19.0 Å². The number of hydrogen-bond donors (Lipinski definition) is 1. The van der Waals surface area contributed by atoms with Crippen LogP contribution in [0.4, 0.5) is 0 Å². The van der Waals surface area contributed by atoms with Crippen LogP contribution in [0.1, 0.15) is 11.1 Å². The van der Waals surface area contributed by atoms with Gasteiger partial charge < -0.3 is 10.1 Å². The van der Waals surface area contributed by atoms with Gasteiger partial charge in [-0.25, -0.2) is 0 Å². The van der Waals surface area contributed by atoms with Crippen molar-refractivity contribution in [2.24, 2.45) is 0 Å². The molecule has 0 spiro atoms. The molecule has 0 saturated heterocycles. The van der Waals surface area contributed by atoms with E-state index < -0.39 is 0 Å². The van der Waals surface area contributed by atoms with Crippen LogP contribution in [-0.2, 0) is 21.9 Å². The lowest BCUT2D eigenvalue weighted by Gasteiger charge is -2.07. The number of hydrogen-bond acceptors (Lipinski definition) is 3. The van der Waals surface area contributed by atoms with Crippen LogP contribution in [0.15, 0.2) is 54.6 Å². The second kappa shape index (κ2) is 10.3. The molecule has 0 unspecified atom stereocenters. The van der Waals surface area contributed by atoms with Gasteiger partial charge >= 0.3 is 0 Å². The van der Waals surface area contributed by atoms with Crippen LogP contribution < -0.4 is 5.32 Å². The smallest absolute Gasteiger partial charge is 0.230 e. The van der Waals surface area contributed by atoms with Crippen LogP contribution in [0.25, 0.3) is 0 Å². The standard InChI is InChI=1S/C18H20ClNO2S/c19-17-9-5-4-8-16(17)13-23-14-18(21)20-10-11-22-12-15-6-2-1-3-7-15/h1-9H,10-14H2,(H,20,21). The highest BCUT2D eigenvalue weighted by molar-refractivity contribution is 7.99. The van der Waals surface area contributed by atoms with E-state index in [4.69, 9.17) is 16.3 Å². The number of rotatable bonds is 9. The van der Waals surface area contributed by atoms with Crippen molar-refractivity contribution in [2.75, 3.05) is 18.9 Å². The minimum absolute atomic E-state index is 0.0189. The molecule has 5 heteroatoms. The Morgan fingerprint density at radius 2 is 1.83 bits per heavy atom. The number of amides is 1. The average molecular weight is 350 g/mol. The Hall–Kier alpha value is -1.49. The Morgan fingerprint density at radius 3 is 2.61 bits per heavy atom. The molecule has 2 rings (SSSR count). The fourth-order valence-electron chi connectivity index (χ4n) is 1.95. The van der Waals surface area contributed by atoms with E-state index in [1.165, 1.54) is 0 Å². The van der Waals surface area contributed by atoms with Gasteiger partial charge in [-0.3, -0.25) is 4.79 Å². The number of thioether (sulfide) groups is 1. The molecular formula is C18H20ClNO2S. The average Bonchev–Trinajstić information content (AvgIpc) is 2.57. The van der Waals surface area contributed by atoms with E-state index in [1.54, 1.807) is 11.8 Å². The van der Waals surface area contributed by atoms with Crippen molar-refractivity contribution < 1.29 is 9.53 Å². The molecule has 0 heterocycles. The van der Waals surface area contributed by atoms with E-state index in [9.17, 15) is 4.79 Å². The maximum atomic E-state index is 11.7. The summed E-state index contributed by atoms with van der Waals surface area (Å²) in [6, 6.07) is 17.7. The van der Waals surface area contributed by atoms with E-state index in [-0.39, 0.29) is 5.91 Å². The molecule has 2 aromatic carbocycles. The number of carbonyl (C=O) groups excluding carboxylic acids is 1. The van der Waals surface area contributed by atoms with Gasteiger partial charge in [0.15, 0.2) is 0 Å². The van der Waals surface area contributed by atoms with E-state index in [0.717, 1.165) is 21.9 Å². The Balaban J connectivity index is 1.53. The third-order valence-electron chi connectivity index (χ3n) is 3.13. The molecule has 0 fully saturated rings. The van der Waals surface area contributed by atoms with Crippen molar-refractivity contribution in [1.29, 1.82) is 0 Å². The number of benzene rings is 2. The summed E-state index contributed by atoms with van der Waals surface area (Å²) < 4.78 is 5.52. The van der Waals surface area contributed by atoms with Crippen molar-refractivity contribution in [1.82, 2.24) is 5.32 Å². The summed E-state index contributed by atoms with van der Waals surface area (Å²) in [5.74, 6) is 1.17. The summed E-state index contributed by atoms with van der Waals surface area (Å²) in [7, 11) is 0. The third-order valence-corrected chi connectivity index (χ3v) is 4.48. The zero-order chi connectivity index (χ0) is 16.3. The third kappa shape index (κ3) is 7.08. The predicted octanol–water partition coefficient (Wildman–Crippen LogP) is 3.91. The molecule has 0 aliphatic heterocycles. The van der Waals surface area contributed by atoms with Gasteiger partial charge in [-0.1, -0.05) is 60.1 Å². The first kappa shape index (κ1) is 17.9. The number of ether oxygens (including phenoxy) is 1. The van der Waals surface area contributed by atoms with Crippen LogP contribution in [0.2, 0.25) is 5.02 Å². The zero-order valence-electron chi connectivity index (χ0n) is 12.8. The SMILES string of the molecule is O=C(CSCc1ccccc1Cl)NCCOCc1ccccc1. The number of nitrogens with one attached hydrogen (secondary N) is 1. The maximum Gasteiger partial charge on any atom is 0.230 e. The van der Waals surface area contributed by atoms with Crippen molar-refractivity contribution in [2.45, 2.75) is 12.4 Å². The minimum Gasteiger partial charge on any atom is -0.375 e. The largest absolute Gasteiger partial charge is 0.375 e. The number of carbonyl (C=O) groups is 1. The first-order valence-electron chi connectivity index (χ1n) is 7.45. The summed E-state index contributed by atoms with van der Waals surface area (Å²) in [4.78, 5) is 11.7. The van der Waals surface area contributed by atoms with Gasteiger partial charge in [0.1, 0.15) is 0 Å². The lowest BCUT2D eigenvalue weighted by atomic mass is 10.2. The molecule has 0 saturated carbocycles. The summed E-state index contributed by atoms with van der Waals surface area (Å²) in [6.45, 7) is 1.60. The van der Waals surface area contributed by atoms with Gasteiger partial charge in [0.25, 0.3) is 0 Å². The molecule has 0 bridgehead atoms. The highest BCUT2D eigenvalue weighted by atomic mass is 35.5. The van der Waals surface area contributed by atoms with E-state index in [2.05, 4.69) is 5.32 Å². The topological polar surface area (TPSA) is 38.3 Å². The molecule has 3 nitrogen and oxygen atoms in total. The molecule has 0 aliphatic carbocycles. The van der Waals surface area contributed by atoms with Crippen molar-refractivity contribution in [3.05, 3.63) is 70.7 Å². The monoisotopic (exact) mass is 349 g/mol. The summed E-state index contributed by atoms with van der Waals surface area (Å²) in [5.41, 5.74) is 2.19. The van der Waals surface area contributed by atoms with Crippen molar-refractivity contribution >= 4 is 29.3 Å². The molecule has 0 aromatic heterocycles. The Labute approximate surface area is 146 Å². The highest BCUT2D eigenvalue weighted by Crippen LogP contribution is 2.20. The maximum absolute atomic E-state index is 11.7. The summed E-state index contributed by atoms with van der Waals surface area (Å²) in [5, 5.41) is 3.60. The van der Waals surface area contributed by atoms with Crippen LogP contribution >= 0.6 is 23.4 Å². The van der Waals surface area contributed by atoms with Crippen LogP contribution in [0.3, 0.4) is 0 Å². The second-order valence-corrected chi connectivity index (χ2v) is 6.37. The van der Waals surface area contributed by atoms with Gasteiger partial charge in [0.2, 0.25) is 5.91 Å². The fourth-order valence-corrected chi connectivity index (χ4v) is 3.09. The first-order chi connectivity index (χ1) is 11.3. The molecule has 0 atom stereocenters. The molecule has 23 heavy (non-hydrogen) atoms. The van der Waals surface area contributed by atoms with Gasteiger partial charge in [-0.15, -0.1) is 11.8 Å². The zero-order valence-corrected chi connectivity index (χ0v) is 14.4. The number of halogens is 1. The van der Waals surface area contributed by atoms with Crippen LogP contribution in [0, 0.1) is 0 Å². The van der Waals surface area contributed by atoms with Gasteiger partial charge in [0, 0.05) is 17.3 Å². The van der Waals surface area contributed by atoms with Gasteiger partial charge in [-0.05, 0) is 17.2 Å². The van der Waals surface area contributed by atoms with E-state index in [0.29, 0.717) is 25.5 Å². The Morgan fingerprint density at radius 1 is 1.09 bits per heavy atom. The summed E-state index contributed by atoms with van der Waals surface area (Å²) >= 11 is 7.63. The molecule has 0 aliphatic rings. The molecule has 2 aromatic rings. The van der Waals surface area contributed by atoms with Crippen LogP contribution in [-0.4, -0.2) is 24.8 Å². The first-order valence-corrected chi connectivity index (χ1v) is 8.98. The summed E-state index contributed by atoms with van der Waals surface area (Å²) in [6.07, 6.45) is 0. The van der Waals surface area contributed by atoms with Crippen LogP contribution in [0.5, 0.6) is 0 Å². The quantitative estimate of drug-likeness (QED) is 0.697. The molecule has 122 valence electrons. The predicted molar refractivity (Wildman–Crippen MR) is 96.7 cm³/mol. The van der Waals surface area contributed by atoms with Crippen molar-refractivity contribution in [3.63, 3.8) is 0 Å². The Bertz CT molecular complexity index is 607. The van der Waals surface area contributed by atoms with E-state index in [1.807, 2.05) is 54.6 Å².